The van der Waals surface area contributed by atoms with Crippen LogP contribution in [0.4, 0.5) is 0 Å². The summed E-state index contributed by atoms with van der Waals surface area (Å²) < 4.78 is 1.12. The number of rotatable bonds is 2. The molecule has 2 rings (SSSR count). The number of pyridine rings is 1. The molecule has 2 aromatic rings. The first-order valence-electron chi connectivity index (χ1n) is 4.88. The fraction of sp³-hybridized carbons (Fsp3) is 0.250. The molecule has 0 N–H and O–H groups in total. The Labute approximate surface area is 106 Å². The van der Waals surface area contributed by atoms with Gasteiger partial charge >= 0.3 is 0 Å². The number of aromatic nitrogens is 1. The maximum absolute atomic E-state index is 4.43. The van der Waals surface area contributed by atoms with Crippen LogP contribution in [-0.4, -0.2) is 4.98 Å². The SMILES string of the molecule is CCc1cc(CBr)c2nccc(Br)c2c1. The summed E-state index contributed by atoms with van der Waals surface area (Å²) in [4.78, 5) is 4.43. The molecule has 0 atom stereocenters. The molecule has 1 aromatic carbocycles. The first kappa shape index (κ1) is 11.1. The minimum Gasteiger partial charge on any atom is -0.256 e. The van der Waals surface area contributed by atoms with Gasteiger partial charge in [0.1, 0.15) is 0 Å². The third-order valence-corrected chi connectivity index (χ3v) is 3.78. The maximum atomic E-state index is 4.43. The van der Waals surface area contributed by atoms with Crippen molar-refractivity contribution in [1.82, 2.24) is 4.98 Å². The van der Waals surface area contributed by atoms with E-state index in [1.807, 2.05) is 12.3 Å². The molecule has 0 amide bonds. The Hall–Kier alpha value is -0.410. The minimum absolute atomic E-state index is 0.848. The first-order chi connectivity index (χ1) is 7.26. The Bertz CT molecular complexity index is 494. The lowest BCUT2D eigenvalue weighted by atomic mass is 10.0. The summed E-state index contributed by atoms with van der Waals surface area (Å²) in [5.41, 5.74) is 3.69. The summed E-state index contributed by atoms with van der Waals surface area (Å²) in [7, 11) is 0. The Morgan fingerprint density at radius 1 is 1.33 bits per heavy atom. The maximum Gasteiger partial charge on any atom is 0.0753 e. The molecule has 1 nitrogen and oxygen atoms in total. The Kier molecular flexibility index (Phi) is 3.42. The molecule has 1 heterocycles. The van der Waals surface area contributed by atoms with Crippen LogP contribution in [0.3, 0.4) is 0 Å². The Morgan fingerprint density at radius 3 is 2.80 bits per heavy atom. The highest BCUT2D eigenvalue weighted by atomic mass is 79.9. The van der Waals surface area contributed by atoms with Gasteiger partial charge in [0.05, 0.1) is 5.52 Å². The molecule has 0 aliphatic rings. The van der Waals surface area contributed by atoms with Gasteiger partial charge in [-0.3, -0.25) is 4.98 Å². The monoisotopic (exact) mass is 327 g/mol. The zero-order valence-electron chi connectivity index (χ0n) is 8.43. The van der Waals surface area contributed by atoms with Crippen LogP contribution in [0.1, 0.15) is 18.1 Å². The molecule has 0 saturated carbocycles. The van der Waals surface area contributed by atoms with Crippen LogP contribution in [0.2, 0.25) is 0 Å². The molecular weight excluding hydrogens is 318 g/mol. The number of hydrogen-bond donors (Lipinski definition) is 0. The number of benzene rings is 1. The molecule has 0 radical (unpaired) electrons. The zero-order chi connectivity index (χ0) is 10.8. The summed E-state index contributed by atoms with van der Waals surface area (Å²) in [5.74, 6) is 0. The van der Waals surface area contributed by atoms with E-state index >= 15 is 0 Å². The standard InChI is InChI=1S/C12H11Br2N/c1-2-8-5-9(7-13)12-10(6-8)11(14)3-4-15-12/h3-6H,2,7H2,1H3. The van der Waals surface area contributed by atoms with E-state index in [9.17, 15) is 0 Å². The van der Waals surface area contributed by atoms with Gasteiger partial charge in [0, 0.05) is 21.4 Å². The topological polar surface area (TPSA) is 12.9 Å². The van der Waals surface area contributed by atoms with Crippen LogP contribution in [0.25, 0.3) is 10.9 Å². The number of nitrogens with zero attached hydrogens (tertiary/aromatic N) is 1. The number of alkyl halides is 1. The summed E-state index contributed by atoms with van der Waals surface area (Å²) in [6, 6.07) is 6.41. The molecule has 0 fully saturated rings. The quantitative estimate of drug-likeness (QED) is 0.742. The van der Waals surface area contributed by atoms with Crippen molar-refractivity contribution in [2.75, 3.05) is 0 Å². The van der Waals surface area contributed by atoms with E-state index in [1.165, 1.54) is 16.5 Å². The molecule has 78 valence electrons. The predicted molar refractivity (Wildman–Crippen MR) is 71.5 cm³/mol. The molecule has 3 heteroatoms. The third-order valence-electron chi connectivity index (χ3n) is 2.48. The van der Waals surface area contributed by atoms with Gasteiger partial charge in [-0.15, -0.1) is 0 Å². The van der Waals surface area contributed by atoms with Gasteiger partial charge in [-0.05, 0) is 29.7 Å². The van der Waals surface area contributed by atoms with Gasteiger partial charge in [0.2, 0.25) is 0 Å². The first-order valence-corrected chi connectivity index (χ1v) is 6.79. The van der Waals surface area contributed by atoms with Crippen LogP contribution in [-0.2, 0) is 11.8 Å². The fourth-order valence-electron chi connectivity index (χ4n) is 1.67. The zero-order valence-corrected chi connectivity index (χ0v) is 11.6. The average molecular weight is 329 g/mol. The largest absolute Gasteiger partial charge is 0.256 e. The van der Waals surface area contributed by atoms with Crippen LogP contribution < -0.4 is 0 Å². The van der Waals surface area contributed by atoms with Crippen molar-refractivity contribution in [2.24, 2.45) is 0 Å². The molecule has 0 unspecified atom stereocenters. The minimum atomic E-state index is 0.848. The van der Waals surface area contributed by atoms with Gasteiger partial charge in [-0.1, -0.05) is 44.8 Å². The van der Waals surface area contributed by atoms with Gasteiger partial charge in [0.15, 0.2) is 0 Å². The van der Waals surface area contributed by atoms with Gasteiger partial charge < -0.3 is 0 Å². The normalized spacial score (nSPS) is 10.9. The van der Waals surface area contributed by atoms with Gasteiger partial charge in [-0.2, -0.15) is 0 Å². The van der Waals surface area contributed by atoms with E-state index in [2.05, 4.69) is 55.9 Å². The van der Waals surface area contributed by atoms with Crippen LogP contribution >= 0.6 is 31.9 Å². The van der Waals surface area contributed by atoms with E-state index in [0.717, 1.165) is 21.7 Å². The van der Waals surface area contributed by atoms with Gasteiger partial charge in [0.25, 0.3) is 0 Å². The lowest BCUT2D eigenvalue weighted by molar-refractivity contribution is 1.13. The second-order valence-corrected chi connectivity index (χ2v) is 4.85. The van der Waals surface area contributed by atoms with Crippen molar-refractivity contribution in [1.29, 1.82) is 0 Å². The average Bonchev–Trinajstić information content (AvgIpc) is 2.28. The predicted octanol–water partition coefficient (Wildman–Crippen LogP) is 4.45. The number of fused-ring (bicyclic) bond motifs is 1. The van der Waals surface area contributed by atoms with Crippen molar-refractivity contribution < 1.29 is 0 Å². The highest BCUT2D eigenvalue weighted by molar-refractivity contribution is 9.10. The van der Waals surface area contributed by atoms with Crippen LogP contribution in [0, 0.1) is 0 Å². The van der Waals surface area contributed by atoms with Crippen LogP contribution in [0.5, 0.6) is 0 Å². The summed E-state index contributed by atoms with van der Waals surface area (Å²) in [6.07, 6.45) is 2.89. The van der Waals surface area contributed by atoms with Crippen molar-refractivity contribution in [2.45, 2.75) is 18.7 Å². The van der Waals surface area contributed by atoms with E-state index < -0.39 is 0 Å². The van der Waals surface area contributed by atoms with E-state index in [0.29, 0.717) is 0 Å². The van der Waals surface area contributed by atoms with Crippen molar-refractivity contribution in [3.8, 4) is 0 Å². The second kappa shape index (κ2) is 4.62. The molecule has 0 spiro atoms. The summed E-state index contributed by atoms with van der Waals surface area (Å²) >= 11 is 7.08. The lowest BCUT2D eigenvalue weighted by Crippen LogP contribution is -1.90. The van der Waals surface area contributed by atoms with Crippen molar-refractivity contribution >= 4 is 42.8 Å². The van der Waals surface area contributed by atoms with E-state index in [-0.39, 0.29) is 0 Å². The van der Waals surface area contributed by atoms with Crippen molar-refractivity contribution in [3.63, 3.8) is 0 Å². The highest BCUT2D eigenvalue weighted by Gasteiger charge is 2.06. The smallest absolute Gasteiger partial charge is 0.0753 e. The summed E-state index contributed by atoms with van der Waals surface area (Å²) in [6.45, 7) is 2.17. The van der Waals surface area contributed by atoms with E-state index in [1.54, 1.807) is 0 Å². The highest BCUT2D eigenvalue weighted by Crippen LogP contribution is 2.27. The Morgan fingerprint density at radius 2 is 2.13 bits per heavy atom. The van der Waals surface area contributed by atoms with Crippen molar-refractivity contribution in [3.05, 3.63) is 40.0 Å². The third kappa shape index (κ3) is 2.08. The molecule has 0 aliphatic carbocycles. The molecular formula is C12H11Br2N. The molecule has 1 aromatic heterocycles. The molecule has 0 bridgehead atoms. The van der Waals surface area contributed by atoms with Gasteiger partial charge in [-0.25, -0.2) is 0 Å². The lowest BCUT2D eigenvalue weighted by Gasteiger charge is -2.07. The molecule has 0 saturated heterocycles. The summed E-state index contributed by atoms with van der Waals surface area (Å²) in [5, 5.41) is 2.05. The molecule has 0 aliphatic heterocycles. The fourth-order valence-corrected chi connectivity index (χ4v) is 2.52. The molecule has 15 heavy (non-hydrogen) atoms. The van der Waals surface area contributed by atoms with E-state index in [4.69, 9.17) is 0 Å². The van der Waals surface area contributed by atoms with Crippen LogP contribution in [0.15, 0.2) is 28.9 Å². The number of halogens is 2. The number of hydrogen-bond acceptors (Lipinski definition) is 1. The Balaban J connectivity index is 2.80. The second-order valence-electron chi connectivity index (χ2n) is 3.43. The number of aryl methyl sites for hydroxylation is 1.